The van der Waals surface area contributed by atoms with Gasteiger partial charge >= 0.3 is 6.01 Å². The highest BCUT2D eigenvalue weighted by molar-refractivity contribution is 5.33. The van der Waals surface area contributed by atoms with Crippen molar-refractivity contribution in [1.82, 2.24) is 0 Å². The summed E-state index contributed by atoms with van der Waals surface area (Å²) in [6.45, 7) is 4.37. The van der Waals surface area contributed by atoms with Crippen molar-refractivity contribution in [2.75, 3.05) is 14.1 Å². The van der Waals surface area contributed by atoms with Crippen LogP contribution in [0, 0.1) is 0 Å². The molecule has 0 saturated carbocycles. The largest absolute Gasteiger partial charge is 0.306 e. The zero-order valence-electron chi connectivity index (χ0n) is 7.39. The Labute approximate surface area is 63.3 Å². The van der Waals surface area contributed by atoms with Gasteiger partial charge in [0.1, 0.15) is 13.1 Å². The number of aliphatic imine (C=N–C) groups is 1. The summed E-state index contributed by atoms with van der Waals surface area (Å²) in [6.07, 6.45) is 2.43. The van der Waals surface area contributed by atoms with E-state index in [1.165, 1.54) is 12.8 Å². The lowest BCUT2D eigenvalue weighted by Gasteiger charge is -2.04. The van der Waals surface area contributed by atoms with Crippen molar-refractivity contribution < 1.29 is 4.58 Å². The van der Waals surface area contributed by atoms with Crippen LogP contribution in [-0.2, 0) is 0 Å². The molecule has 1 atom stereocenters. The van der Waals surface area contributed by atoms with Gasteiger partial charge in [-0.05, 0) is 18.3 Å². The van der Waals surface area contributed by atoms with Gasteiger partial charge in [0.15, 0.2) is 0 Å². The average molecular weight is 141 g/mol. The van der Waals surface area contributed by atoms with E-state index in [-0.39, 0.29) is 0 Å². The maximum absolute atomic E-state index is 3.81. The summed E-state index contributed by atoms with van der Waals surface area (Å²) in [6, 6.07) is 3.45. The quantitative estimate of drug-likeness (QED) is 0.419. The van der Waals surface area contributed by atoms with E-state index in [4.69, 9.17) is 0 Å². The molecule has 0 N–H and O–H groups in total. The zero-order valence-corrected chi connectivity index (χ0v) is 7.39. The fourth-order valence-electron chi connectivity index (χ4n) is 0.868. The van der Waals surface area contributed by atoms with E-state index in [2.05, 4.69) is 24.8 Å². The Morgan fingerprint density at radius 2 is 2.20 bits per heavy atom. The lowest BCUT2D eigenvalue weighted by atomic mass is 10.2. The van der Waals surface area contributed by atoms with Gasteiger partial charge in [0, 0.05) is 0 Å². The van der Waals surface area contributed by atoms with Crippen LogP contribution in [0.4, 0.5) is 0 Å². The first-order valence-corrected chi connectivity index (χ1v) is 3.79. The summed E-state index contributed by atoms with van der Waals surface area (Å²) in [5, 5.41) is 0. The van der Waals surface area contributed by atoms with Crippen LogP contribution >= 0.6 is 0 Å². The normalized spacial score (nSPS) is 12.0. The molecule has 0 aromatic heterocycles. The summed E-state index contributed by atoms with van der Waals surface area (Å²) in [5.74, 6) is 0. The molecule has 0 saturated heterocycles. The molecule has 0 rings (SSSR count). The number of hydrogen-bond donors (Lipinski definition) is 0. The number of hydrogen-bond acceptors (Lipinski definition) is 1. The molecule has 0 aromatic carbocycles. The minimum atomic E-state index is 0.564. The van der Waals surface area contributed by atoms with E-state index in [0.29, 0.717) is 6.04 Å². The van der Waals surface area contributed by atoms with E-state index in [1.807, 2.05) is 11.6 Å². The minimum absolute atomic E-state index is 0.564. The third kappa shape index (κ3) is 3.41. The van der Waals surface area contributed by atoms with Crippen molar-refractivity contribution in [3.05, 3.63) is 0 Å². The Balaban J connectivity index is 3.94. The van der Waals surface area contributed by atoms with Gasteiger partial charge in [0.2, 0.25) is 0 Å². The first-order chi connectivity index (χ1) is 4.72. The second-order valence-electron chi connectivity index (χ2n) is 2.57. The SMILES string of the molecule is CCCC(C)[N+](C)=C=NC. The molecule has 0 aliphatic carbocycles. The maximum Gasteiger partial charge on any atom is 0.306 e. The van der Waals surface area contributed by atoms with Gasteiger partial charge < -0.3 is 0 Å². The minimum Gasteiger partial charge on any atom is -0.220 e. The van der Waals surface area contributed by atoms with Crippen LogP contribution in [-0.4, -0.2) is 30.7 Å². The molecule has 1 unspecified atom stereocenters. The predicted octanol–water partition coefficient (Wildman–Crippen LogP) is 1.62. The van der Waals surface area contributed by atoms with Crippen molar-refractivity contribution >= 4 is 6.01 Å². The molecule has 0 aliphatic rings. The lowest BCUT2D eigenvalue weighted by Crippen LogP contribution is -2.17. The van der Waals surface area contributed by atoms with Crippen LogP contribution in [0.1, 0.15) is 26.7 Å². The maximum atomic E-state index is 3.81. The summed E-state index contributed by atoms with van der Waals surface area (Å²) in [5.41, 5.74) is 0. The van der Waals surface area contributed by atoms with Crippen LogP contribution in [0.25, 0.3) is 0 Å². The highest BCUT2D eigenvalue weighted by Gasteiger charge is 2.03. The van der Waals surface area contributed by atoms with Gasteiger partial charge in [0.05, 0.1) is 7.05 Å². The van der Waals surface area contributed by atoms with Gasteiger partial charge in [-0.3, -0.25) is 0 Å². The van der Waals surface area contributed by atoms with E-state index >= 15 is 0 Å². The zero-order chi connectivity index (χ0) is 7.98. The third-order valence-electron chi connectivity index (χ3n) is 1.63. The third-order valence-corrected chi connectivity index (χ3v) is 1.63. The molecule has 2 nitrogen and oxygen atoms in total. The number of rotatable bonds is 3. The van der Waals surface area contributed by atoms with Crippen LogP contribution in [0.2, 0.25) is 0 Å². The Bertz CT molecular complexity index is 143. The first kappa shape index (κ1) is 9.38. The second kappa shape index (κ2) is 5.19. The van der Waals surface area contributed by atoms with Gasteiger partial charge in [-0.2, -0.15) is 0 Å². The van der Waals surface area contributed by atoms with Crippen molar-refractivity contribution in [2.24, 2.45) is 4.99 Å². The molecular formula is C8H17N2+. The average Bonchev–Trinajstić information content (AvgIpc) is 1.89. The Morgan fingerprint density at radius 3 is 2.60 bits per heavy atom. The summed E-state index contributed by atoms with van der Waals surface area (Å²) in [7, 11) is 3.75. The van der Waals surface area contributed by atoms with Crippen LogP contribution in [0.3, 0.4) is 0 Å². The van der Waals surface area contributed by atoms with Crippen LogP contribution in [0.5, 0.6) is 0 Å². The molecule has 0 aliphatic heterocycles. The van der Waals surface area contributed by atoms with Crippen molar-refractivity contribution in [3.63, 3.8) is 0 Å². The molecule has 0 amide bonds. The smallest absolute Gasteiger partial charge is 0.220 e. The van der Waals surface area contributed by atoms with Gasteiger partial charge in [-0.25, -0.2) is 4.58 Å². The standard InChI is InChI=1S/C8H17N2/c1-5-6-8(2)10(4)7-9-3/h8H,5-6H2,1-4H3/q+1. The van der Waals surface area contributed by atoms with Crippen LogP contribution < -0.4 is 0 Å². The van der Waals surface area contributed by atoms with Gasteiger partial charge in [-0.15, -0.1) is 0 Å². The van der Waals surface area contributed by atoms with Gasteiger partial charge in [-0.1, -0.05) is 13.3 Å². The van der Waals surface area contributed by atoms with E-state index in [9.17, 15) is 0 Å². The summed E-state index contributed by atoms with van der Waals surface area (Å²) >= 11 is 0. The molecule has 0 aromatic rings. The Kier molecular flexibility index (Phi) is 4.87. The van der Waals surface area contributed by atoms with Crippen molar-refractivity contribution in [3.8, 4) is 0 Å². The summed E-state index contributed by atoms with van der Waals surface area (Å²) < 4.78 is 2.02. The molecule has 0 fully saturated rings. The first-order valence-electron chi connectivity index (χ1n) is 3.79. The van der Waals surface area contributed by atoms with Crippen molar-refractivity contribution in [1.29, 1.82) is 0 Å². The molecule has 0 spiro atoms. The monoisotopic (exact) mass is 141 g/mol. The van der Waals surface area contributed by atoms with E-state index < -0.39 is 0 Å². The van der Waals surface area contributed by atoms with E-state index in [1.54, 1.807) is 7.05 Å². The molecule has 2 heteroatoms. The van der Waals surface area contributed by atoms with Crippen LogP contribution in [0.15, 0.2) is 4.99 Å². The van der Waals surface area contributed by atoms with E-state index in [0.717, 1.165) is 0 Å². The van der Waals surface area contributed by atoms with Gasteiger partial charge in [0.25, 0.3) is 0 Å². The Morgan fingerprint density at radius 1 is 1.60 bits per heavy atom. The molecule has 0 radical (unpaired) electrons. The highest BCUT2D eigenvalue weighted by Crippen LogP contribution is 1.96. The summed E-state index contributed by atoms with van der Waals surface area (Å²) in [4.78, 5) is 3.81. The number of nitrogens with zero attached hydrogens (tertiary/aromatic N) is 2. The lowest BCUT2D eigenvalue weighted by molar-refractivity contribution is -0.529. The predicted molar refractivity (Wildman–Crippen MR) is 43.9 cm³/mol. The highest BCUT2D eigenvalue weighted by atomic mass is 15.0. The molecular weight excluding hydrogens is 124 g/mol. The van der Waals surface area contributed by atoms with Crippen molar-refractivity contribution in [2.45, 2.75) is 32.7 Å². The molecule has 0 heterocycles. The molecule has 10 heavy (non-hydrogen) atoms. The second-order valence-corrected chi connectivity index (χ2v) is 2.57. The fourth-order valence-corrected chi connectivity index (χ4v) is 0.868. The fraction of sp³-hybridized carbons (Fsp3) is 0.875. The molecule has 58 valence electrons. The topological polar surface area (TPSA) is 15.4 Å². The molecule has 0 bridgehead atoms. The Hall–Kier alpha value is -0.620.